The average molecular weight is 1090 g/mol. The maximum absolute atomic E-state index is 13.0. The van der Waals surface area contributed by atoms with Crippen molar-refractivity contribution in [3.8, 4) is 0 Å². The van der Waals surface area contributed by atoms with Gasteiger partial charge in [0, 0.05) is 0 Å². The van der Waals surface area contributed by atoms with Crippen LogP contribution < -0.4 is 0 Å². The highest BCUT2D eigenvalue weighted by atomic mass is 28.4. The first-order chi connectivity index (χ1) is 33.5. The summed E-state index contributed by atoms with van der Waals surface area (Å²) in [5.41, 5.74) is -3.39. The number of carbonyl (C=O) groups is 3. The quantitative estimate of drug-likeness (QED) is 0.0554. The van der Waals surface area contributed by atoms with Gasteiger partial charge in [-0.3, -0.25) is 19.3 Å². The van der Waals surface area contributed by atoms with Gasteiger partial charge in [-0.1, -0.05) is 114 Å². The maximum Gasteiger partial charge on any atom is 0.508 e. The fraction of sp³-hybridized carbons (Fsp3) is 0.642. The van der Waals surface area contributed by atoms with Gasteiger partial charge in [-0.05, 0) is 106 Å². The molecule has 8 atom stereocenters. The number of benzene rings is 2. The molecule has 0 bridgehead atoms. The number of amides is 2. The first kappa shape index (κ1) is 60.5. The van der Waals surface area contributed by atoms with Gasteiger partial charge in [0.2, 0.25) is 11.8 Å². The average Bonchev–Trinajstić information content (AvgIpc) is 3.27. The van der Waals surface area contributed by atoms with Crippen LogP contribution in [0.4, 0.5) is 4.79 Å². The van der Waals surface area contributed by atoms with Crippen molar-refractivity contribution in [2.45, 2.75) is 197 Å². The molecule has 2 aliphatic heterocycles. The summed E-state index contributed by atoms with van der Waals surface area (Å²) < 4.78 is 37.4. The normalized spacial score (nSPS) is 28.7. The highest BCUT2D eigenvalue weighted by molar-refractivity contribution is 6.74. The highest BCUT2D eigenvalue weighted by Crippen LogP contribution is 2.51. The second-order valence-electron chi connectivity index (χ2n) is 24.9. The molecule has 2 spiro atoms. The number of hydroxylamine groups is 4. The van der Waals surface area contributed by atoms with Gasteiger partial charge in [-0.15, -0.1) is 0 Å². The van der Waals surface area contributed by atoms with Gasteiger partial charge in [0.25, 0.3) is 0 Å². The zero-order valence-corrected chi connectivity index (χ0v) is 50.6. The van der Waals surface area contributed by atoms with Crippen molar-refractivity contribution in [2.24, 2.45) is 0 Å². The van der Waals surface area contributed by atoms with Crippen LogP contribution in [-0.2, 0) is 59.7 Å². The van der Waals surface area contributed by atoms with Crippen molar-refractivity contribution >= 4 is 51.2 Å². The van der Waals surface area contributed by atoms with Crippen LogP contribution in [0.5, 0.6) is 0 Å². The molecule has 2 aliphatic carbocycles. The molecule has 0 aromatic heterocycles. The van der Waals surface area contributed by atoms with Crippen molar-refractivity contribution < 1.29 is 66.6 Å². The number of ether oxygens (including phenoxy) is 2. The fourth-order valence-electron chi connectivity index (χ4n) is 8.57. The van der Waals surface area contributed by atoms with Crippen molar-refractivity contribution in [3.63, 3.8) is 0 Å². The molecule has 16 nitrogen and oxygen atoms in total. The molecule has 0 radical (unpaired) electrons. The molecule has 2 fully saturated rings. The van der Waals surface area contributed by atoms with Gasteiger partial charge in [0.05, 0.1) is 26.1 Å². The summed E-state index contributed by atoms with van der Waals surface area (Å²) in [6.07, 6.45) is 2.85. The second kappa shape index (κ2) is 22.3. The Kier molecular flexibility index (Phi) is 18.5. The Balaban J connectivity index is 0.000000273. The molecule has 2 aromatic carbocycles. The van der Waals surface area contributed by atoms with E-state index in [1.807, 2.05) is 80.3 Å². The van der Waals surface area contributed by atoms with Crippen molar-refractivity contribution in [1.29, 1.82) is 0 Å². The summed E-state index contributed by atoms with van der Waals surface area (Å²) in [6.45, 7) is 34.8. The Labute approximate surface area is 438 Å². The molecule has 73 heavy (non-hydrogen) atoms. The lowest BCUT2D eigenvalue weighted by Gasteiger charge is -2.60. The third kappa shape index (κ3) is 13.8. The zero-order chi connectivity index (χ0) is 54.9. The molecule has 20 heteroatoms. The Morgan fingerprint density at radius 2 is 0.945 bits per heavy atom. The number of rotatable bonds is 18. The highest BCUT2D eigenvalue weighted by Gasteiger charge is 2.67. The summed E-state index contributed by atoms with van der Waals surface area (Å²) in [7, 11) is -9.35. The van der Waals surface area contributed by atoms with Crippen molar-refractivity contribution in [3.05, 3.63) is 96.1 Å². The van der Waals surface area contributed by atoms with E-state index in [1.54, 1.807) is 31.2 Å². The van der Waals surface area contributed by atoms with Gasteiger partial charge in [-0.25, -0.2) is 14.9 Å². The molecule has 2 aromatic rings. The van der Waals surface area contributed by atoms with Crippen LogP contribution in [-0.4, -0.2) is 143 Å². The van der Waals surface area contributed by atoms with E-state index in [0.717, 1.165) is 11.1 Å². The molecule has 408 valence electrons. The Morgan fingerprint density at radius 3 is 1.27 bits per heavy atom. The molecule has 2 saturated heterocycles. The Morgan fingerprint density at radius 1 is 0.575 bits per heavy atom. The number of hydrogen-bond donors (Lipinski definition) is 3. The summed E-state index contributed by atoms with van der Waals surface area (Å²) in [6, 6.07) is 19.3. The van der Waals surface area contributed by atoms with E-state index in [0.29, 0.717) is 0 Å². The predicted molar refractivity (Wildman–Crippen MR) is 290 cm³/mol. The van der Waals surface area contributed by atoms with Gasteiger partial charge in [-0.2, -0.15) is 0 Å². The summed E-state index contributed by atoms with van der Waals surface area (Å²) >= 11 is 0. The van der Waals surface area contributed by atoms with Crippen LogP contribution in [0.3, 0.4) is 0 Å². The van der Waals surface area contributed by atoms with E-state index < -0.39 is 92.7 Å². The molecule has 6 rings (SSSR count). The molecule has 3 N–H and O–H groups in total. The van der Waals surface area contributed by atoms with E-state index in [-0.39, 0.29) is 61.2 Å². The molecule has 4 aliphatic rings. The molecule has 0 saturated carbocycles. The number of aliphatic hydroxyl groups excluding tert-OH is 1. The number of hydrogen-bond acceptors (Lipinski definition) is 14. The summed E-state index contributed by atoms with van der Waals surface area (Å²) in [4.78, 5) is 50.0. The van der Waals surface area contributed by atoms with E-state index in [9.17, 15) is 29.7 Å². The maximum atomic E-state index is 13.0. The van der Waals surface area contributed by atoms with Crippen LogP contribution >= 0.6 is 0 Å². The molecule has 2 heterocycles. The predicted octanol–water partition coefficient (Wildman–Crippen LogP) is 9.17. The lowest BCUT2D eigenvalue weighted by atomic mass is 9.70. The second-order valence-corrected chi connectivity index (χ2v) is 43.3. The van der Waals surface area contributed by atoms with Crippen molar-refractivity contribution in [1.82, 2.24) is 10.1 Å². The van der Waals surface area contributed by atoms with E-state index in [4.69, 9.17) is 36.9 Å². The molecular weight excluding hydrogens is 1000 g/mol. The third-order valence-corrected chi connectivity index (χ3v) is 25.5. The number of carbonyl (C=O) groups excluding carboxylic acids is 3. The standard InChI is InChI=1S/C28H45NO8Si2.C25H41NO6Si2/c1-10-33-25(31)34-20-28(32)17-16-27(18-22(30)29(27)35-19-21-14-12-11-13-15-21)23(36-38(5,6)7)24(28)37-39(8,9)26(2,3)4;1-23(2,3)34(7,8)32-22-21(31-33(4,5)6)24(14-15-25(22,29)18-27)16-20(28)26(24)30-17-19-12-10-9-11-13-19/h11-17,23-24,32H,10,18-20H2,1-9H3;9-15,21-22,27,29H,16-18H2,1-8H3/t23-,24+,27+,28-;21-,22+,24+,25-/m11/s1. The summed E-state index contributed by atoms with van der Waals surface area (Å²) in [5.74, 6) is -0.329. The van der Waals surface area contributed by atoms with E-state index >= 15 is 0 Å². The van der Waals surface area contributed by atoms with Crippen LogP contribution in [0.25, 0.3) is 0 Å². The number of aliphatic hydroxyl groups is 3. The summed E-state index contributed by atoms with van der Waals surface area (Å²) in [5, 5.41) is 36.2. The van der Waals surface area contributed by atoms with Gasteiger partial charge < -0.3 is 42.5 Å². The SMILES string of the molecule is CC(C)(C)[Si](C)(C)O[C@H]1[C@@H](O[Si](C)(C)C)[C@]2(C=C[C@@]1(O)CO)CC(=O)N2OCc1ccccc1.CCOC(=O)OC[C@]1(O)C=C[C@]2(CC(=O)N2OCc2ccccc2)[C@H](O[Si](C)(C)C)[C@@H]1O[Si](C)(C)C(C)(C)C. The van der Waals surface area contributed by atoms with Gasteiger partial charge in [0.1, 0.15) is 66.5 Å². The minimum atomic E-state index is -2.51. The van der Waals surface area contributed by atoms with Crippen LogP contribution in [0.2, 0.25) is 75.5 Å². The fourth-order valence-corrected chi connectivity index (χ4v) is 13.4. The lowest BCUT2D eigenvalue weighted by Crippen LogP contribution is -2.77. The topological polar surface area (TPSA) is 192 Å². The van der Waals surface area contributed by atoms with Gasteiger partial charge >= 0.3 is 6.16 Å². The minimum absolute atomic E-state index is 0.125. The number of nitrogens with zero attached hydrogens (tertiary/aromatic N) is 2. The van der Waals surface area contributed by atoms with Crippen LogP contribution in [0.1, 0.15) is 72.4 Å². The van der Waals surface area contributed by atoms with Gasteiger partial charge in [0.15, 0.2) is 33.3 Å². The lowest BCUT2D eigenvalue weighted by molar-refractivity contribution is -0.282. The monoisotopic (exact) mass is 1090 g/mol. The molecular formula is C53H86N2O14Si4. The zero-order valence-electron chi connectivity index (χ0n) is 46.6. The van der Waals surface area contributed by atoms with Crippen LogP contribution in [0.15, 0.2) is 85.0 Å². The van der Waals surface area contributed by atoms with E-state index in [2.05, 4.69) is 87.4 Å². The number of β-lactam (4-membered cyclic amide) rings is 2. The Hall–Kier alpha value is -3.36. The minimum Gasteiger partial charge on any atom is -0.435 e. The molecule has 2 amide bonds. The van der Waals surface area contributed by atoms with Crippen molar-refractivity contribution in [2.75, 3.05) is 19.8 Å². The van der Waals surface area contributed by atoms with Crippen LogP contribution in [0, 0.1) is 0 Å². The first-order valence-electron chi connectivity index (χ1n) is 25.5. The Bertz CT molecular complexity index is 2280. The largest absolute Gasteiger partial charge is 0.508 e. The third-order valence-electron chi connectivity index (χ3n) is 14.7. The molecule has 0 unspecified atom stereocenters. The van der Waals surface area contributed by atoms with E-state index in [1.165, 1.54) is 10.1 Å². The smallest absolute Gasteiger partial charge is 0.435 e. The first-order valence-corrected chi connectivity index (χ1v) is 38.1.